The monoisotopic (exact) mass is 503 g/mol. The molecule has 1 unspecified atom stereocenters. The van der Waals surface area contributed by atoms with Crippen LogP contribution >= 0.6 is 0 Å². The fourth-order valence-corrected chi connectivity index (χ4v) is 5.20. The second kappa shape index (κ2) is 11.8. The molecule has 0 aliphatic rings. The highest BCUT2D eigenvalue weighted by atomic mass is 16.5. The van der Waals surface area contributed by atoms with Gasteiger partial charge in [-0.2, -0.15) is 0 Å². The van der Waals surface area contributed by atoms with Crippen molar-refractivity contribution in [1.82, 2.24) is 14.7 Å². The van der Waals surface area contributed by atoms with Crippen LogP contribution in [-0.4, -0.2) is 28.9 Å². The van der Waals surface area contributed by atoms with E-state index in [4.69, 9.17) is 4.74 Å². The number of carbonyl (C=O) groups excluding carboxylic acids is 1. The van der Waals surface area contributed by atoms with Crippen LogP contribution in [0, 0.1) is 6.92 Å². The summed E-state index contributed by atoms with van der Waals surface area (Å²) < 4.78 is 7.75. The normalized spacial score (nSPS) is 12.0. The quantitative estimate of drug-likeness (QED) is 0.236. The number of para-hydroxylation sites is 1. The minimum Gasteiger partial charge on any atom is -0.496 e. The van der Waals surface area contributed by atoms with Gasteiger partial charge in [-0.15, -0.1) is 0 Å². The Hall–Kier alpha value is -4.38. The first kappa shape index (κ1) is 25.3. The maximum atomic E-state index is 13.4. The Balaban J connectivity index is 1.36. The predicted molar refractivity (Wildman–Crippen MR) is 152 cm³/mol. The highest BCUT2D eigenvalue weighted by molar-refractivity contribution is 5.77. The Morgan fingerprint density at radius 1 is 0.895 bits per heavy atom. The van der Waals surface area contributed by atoms with E-state index in [1.165, 1.54) is 11.1 Å². The van der Waals surface area contributed by atoms with Gasteiger partial charge in [0.2, 0.25) is 5.91 Å². The van der Waals surface area contributed by atoms with Crippen molar-refractivity contribution in [2.45, 2.75) is 31.6 Å². The number of nitrogens with one attached hydrogen (secondary N) is 1. The van der Waals surface area contributed by atoms with Crippen molar-refractivity contribution >= 4 is 11.6 Å². The lowest BCUT2D eigenvalue weighted by molar-refractivity contribution is -0.121. The van der Waals surface area contributed by atoms with Crippen LogP contribution in [0.2, 0.25) is 0 Å². The maximum absolute atomic E-state index is 13.4. The standard InChI is InChI=1S/C33H33N3O2/c1-24-18-20-36-30(23-35-32(36)21-24)29(28-15-9-10-16-31(28)38-2)22-33(37)34-19-17-27(25-11-5-3-6-12-25)26-13-7-4-8-14-26/h3-16,18,20-21,23,27,29H,17,19,22H2,1-2H3,(H,34,37). The minimum absolute atomic E-state index is 0.00263. The summed E-state index contributed by atoms with van der Waals surface area (Å²) in [6.07, 6.45) is 5.01. The summed E-state index contributed by atoms with van der Waals surface area (Å²) in [5.74, 6) is 0.774. The summed E-state index contributed by atoms with van der Waals surface area (Å²) >= 11 is 0. The van der Waals surface area contributed by atoms with E-state index in [9.17, 15) is 4.79 Å². The van der Waals surface area contributed by atoms with Gasteiger partial charge in [-0.25, -0.2) is 4.98 Å². The van der Waals surface area contributed by atoms with Gasteiger partial charge in [-0.05, 0) is 48.2 Å². The molecule has 5 nitrogen and oxygen atoms in total. The third-order valence-electron chi connectivity index (χ3n) is 7.12. The average Bonchev–Trinajstić information content (AvgIpc) is 3.37. The molecular formula is C33H33N3O2. The number of ether oxygens (including phenoxy) is 1. The molecule has 0 aliphatic heterocycles. The number of methoxy groups -OCH3 is 1. The zero-order valence-corrected chi connectivity index (χ0v) is 21.9. The van der Waals surface area contributed by atoms with Gasteiger partial charge in [0.1, 0.15) is 11.4 Å². The lowest BCUT2D eigenvalue weighted by Gasteiger charge is -2.21. The predicted octanol–water partition coefficient (Wildman–Crippen LogP) is 6.51. The van der Waals surface area contributed by atoms with Gasteiger partial charge >= 0.3 is 0 Å². The summed E-state index contributed by atoms with van der Waals surface area (Å²) in [4.78, 5) is 18.0. The molecule has 2 aromatic heterocycles. The number of pyridine rings is 1. The Morgan fingerprint density at radius 3 is 2.24 bits per heavy atom. The average molecular weight is 504 g/mol. The molecule has 0 bridgehead atoms. The molecule has 38 heavy (non-hydrogen) atoms. The molecule has 1 amide bonds. The van der Waals surface area contributed by atoms with Crippen LogP contribution in [0.4, 0.5) is 0 Å². The number of aryl methyl sites for hydroxylation is 1. The first-order chi connectivity index (χ1) is 18.6. The molecule has 5 heteroatoms. The van der Waals surface area contributed by atoms with Crippen LogP contribution < -0.4 is 10.1 Å². The van der Waals surface area contributed by atoms with Crippen LogP contribution in [0.3, 0.4) is 0 Å². The number of hydrogen-bond donors (Lipinski definition) is 1. The number of benzene rings is 3. The number of rotatable bonds is 10. The number of amides is 1. The molecular weight excluding hydrogens is 470 g/mol. The van der Waals surface area contributed by atoms with Crippen molar-refractivity contribution in [2.75, 3.05) is 13.7 Å². The van der Waals surface area contributed by atoms with E-state index in [2.05, 4.69) is 82.3 Å². The molecule has 0 saturated heterocycles. The first-order valence-electron chi connectivity index (χ1n) is 13.1. The SMILES string of the molecule is COc1ccccc1C(CC(=O)NCCC(c1ccccc1)c1ccccc1)c1cnc2cc(C)ccn12. The second-order valence-corrected chi connectivity index (χ2v) is 9.63. The van der Waals surface area contributed by atoms with Gasteiger partial charge in [0.05, 0.1) is 12.8 Å². The summed E-state index contributed by atoms with van der Waals surface area (Å²) in [5, 5.41) is 3.20. The van der Waals surface area contributed by atoms with E-state index in [1.807, 2.05) is 48.8 Å². The lowest BCUT2D eigenvalue weighted by Crippen LogP contribution is -2.28. The number of fused-ring (bicyclic) bond motifs is 1. The molecule has 0 spiro atoms. The molecule has 0 aliphatic carbocycles. The third kappa shape index (κ3) is 5.62. The molecule has 0 saturated carbocycles. The van der Waals surface area contributed by atoms with Crippen molar-refractivity contribution in [2.24, 2.45) is 0 Å². The fourth-order valence-electron chi connectivity index (χ4n) is 5.20. The molecule has 5 rings (SSSR count). The molecule has 5 aromatic rings. The largest absolute Gasteiger partial charge is 0.496 e. The smallest absolute Gasteiger partial charge is 0.221 e. The lowest BCUT2D eigenvalue weighted by atomic mass is 9.88. The van der Waals surface area contributed by atoms with E-state index in [0.29, 0.717) is 13.0 Å². The van der Waals surface area contributed by atoms with E-state index in [-0.39, 0.29) is 17.7 Å². The van der Waals surface area contributed by atoms with E-state index < -0.39 is 0 Å². The second-order valence-electron chi connectivity index (χ2n) is 9.63. The summed E-state index contributed by atoms with van der Waals surface area (Å²) in [5.41, 5.74) is 6.45. The van der Waals surface area contributed by atoms with Gasteiger partial charge < -0.3 is 14.5 Å². The van der Waals surface area contributed by atoms with Crippen molar-refractivity contribution < 1.29 is 9.53 Å². The zero-order chi connectivity index (χ0) is 26.3. The third-order valence-corrected chi connectivity index (χ3v) is 7.12. The van der Waals surface area contributed by atoms with E-state index in [1.54, 1.807) is 7.11 Å². The van der Waals surface area contributed by atoms with Crippen LogP contribution in [0.1, 0.15) is 52.6 Å². The van der Waals surface area contributed by atoms with Crippen molar-refractivity contribution in [3.05, 3.63) is 137 Å². The first-order valence-corrected chi connectivity index (χ1v) is 13.1. The van der Waals surface area contributed by atoms with Gasteiger partial charge in [0.15, 0.2) is 0 Å². The Bertz CT molecular complexity index is 1460. The number of imidazole rings is 1. The van der Waals surface area contributed by atoms with E-state index >= 15 is 0 Å². The highest BCUT2D eigenvalue weighted by Gasteiger charge is 2.25. The van der Waals surface area contributed by atoms with Gasteiger partial charge in [-0.3, -0.25) is 4.79 Å². The molecule has 1 N–H and O–H groups in total. The Kier molecular flexibility index (Phi) is 7.84. The maximum Gasteiger partial charge on any atom is 0.221 e. The fraction of sp³-hybridized carbons (Fsp3) is 0.212. The highest BCUT2D eigenvalue weighted by Crippen LogP contribution is 2.35. The topological polar surface area (TPSA) is 55.6 Å². The van der Waals surface area contributed by atoms with Crippen molar-refractivity contribution in [3.63, 3.8) is 0 Å². The van der Waals surface area contributed by atoms with Gasteiger partial charge in [-0.1, -0.05) is 78.9 Å². The molecule has 0 radical (unpaired) electrons. The number of carbonyl (C=O) groups is 1. The molecule has 2 heterocycles. The molecule has 192 valence electrons. The van der Waals surface area contributed by atoms with Crippen molar-refractivity contribution in [1.29, 1.82) is 0 Å². The number of hydrogen-bond acceptors (Lipinski definition) is 3. The van der Waals surface area contributed by atoms with Gasteiger partial charge in [0.25, 0.3) is 0 Å². The summed E-state index contributed by atoms with van der Waals surface area (Å²) in [6.45, 7) is 2.63. The van der Waals surface area contributed by atoms with Gasteiger partial charge in [0, 0.05) is 42.8 Å². The number of nitrogens with zero attached hydrogens (tertiary/aromatic N) is 2. The Morgan fingerprint density at radius 2 is 1.55 bits per heavy atom. The van der Waals surface area contributed by atoms with Crippen molar-refractivity contribution in [3.8, 4) is 5.75 Å². The van der Waals surface area contributed by atoms with Crippen LogP contribution in [0.15, 0.2) is 109 Å². The van der Waals surface area contributed by atoms with Crippen LogP contribution in [-0.2, 0) is 4.79 Å². The van der Waals surface area contributed by atoms with Crippen LogP contribution in [0.5, 0.6) is 5.75 Å². The molecule has 1 atom stereocenters. The van der Waals surface area contributed by atoms with E-state index in [0.717, 1.165) is 34.6 Å². The van der Waals surface area contributed by atoms with Crippen LogP contribution in [0.25, 0.3) is 5.65 Å². The molecule has 0 fully saturated rings. The molecule has 3 aromatic carbocycles. The summed E-state index contributed by atoms with van der Waals surface area (Å²) in [6, 6.07) is 33.0. The number of aromatic nitrogens is 2. The minimum atomic E-state index is -0.206. The Labute approximate surface area is 224 Å². The zero-order valence-electron chi connectivity index (χ0n) is 21.9. The summed E-state index contributed by atoms with van der Waals surface area (Å²) in [7, 11) is 1.67.